The molecule has 0 saturated carbocycles. The van der Waals surface area contributed by atoms with Gasteiger partial charge in [-0.15, -0.1) is 0 Å². The summed E-state index contributed by atoms with van der Waals surface area (Å²) >= 11 is 0. The number of fused-ring (bicyclic) bond motifs is 3. The number of nitrogens with one attached hydrogen (secondary N) is 1. The van der Waals surface area contributed by atoms with E-state index in [4.69, 9.17) is 9.84 Å². The Morgan fingerprint density at radius 2 is 1.66 bits per heavy atom. The van der Waals surface area contributed by atoms with Gasteiger partial charge in [-0.2, -0.15) is 0 Å². The maximum Gasteiger partial charge on any atom is 0.407 e. The maximum absolute atomic E-state index is 12.1. The molecule has 0 aliphatic heterocycles. The first-order chi connectivity index (χ1) is 14.3. The lowest BCUT2D eigenvalue weighted by Crippen LogP contribution is -2.26. The van der Waals surface area contributed by atoms with Gasteiger partial charge in [-0.3, -0.25) is 0 Å². The van der Waals surface area contributed by atoms with Crippen LogP contribution in [0.5, 0.6) is 0 Å². The van der Waals surface area contributed by atoms with Crippen LogP contribution in [0.1, 0.15) is 28.2 Å². The minimum absolute atomic E-state index is 0.0203. The van der Waals surface area contributed by atoms with E-state index in [0.29, 0.717) is 0 Å². The van der Waals surface area contributed by atoms with Gasteiger partial charge in [-0.05, 0) is 39.9 Å². The second-order valence-corrected chi connectivity index (χ2v) is 6.84. The third-order valence-corrected chi connectivity index (χ3v) is 5.01. The van der Waals surface area contributed by atoms with Gasteiger partial charge in [0.25, 0.3) is 0 Å². The molecule has 0 spiro atoms. The number of amides is 1. The summed E-state index contributed by atoms with van der Waals surface area (Å²) in [6.45, 7) is 0.458. The average molecular weight is 383 g/mol. The minimum Gasteiger partial charge on any atom is -0.449 e. The first-order valence-electron chi connectivity index (χ1n) is 9.54. The summed E-state index contributed by atoms with van der Waals surface area (Å²) in [7, 11) is 0. The Bertz CT molecular complexity index is 1050. The van der Waals surface area contributed by atoms with E-state index in [9.17, 15) is 4.79 Å². The molecule has 0 heterocycles. The molecule has 4 nitrogen and oxygen atoms in total. The standard InChI is InChI=1S/C25H21NO3/c27-16-19-8-5-7-18(15-19)9-6-14-26-25(28)29-17-24-22-12-3-1-10-20(22)21-11-2-4-13-23(21)24/h1-5,7-8,10-13,15,24,27H,14,16-17H2,(H,26,28). The quantitative estimate of drug-likeness (QED) is 0.668. The molecule has 29 heavy (non-hydrogen) atoms. The van der Waals surface area contributed by atoms with E-state index in [-0.39, 0.29) is 25.7 Å². The Morgan fingerprint density at radius 3 is 2.34 bits per heavy atom. The SMILES string of the molecule is O=C(NCC#Cc1cccc(CO)c1)OCC1c2ccccc2-c2ccccc21. The van der Waals surface area contributed by atoms with Gasteiger partial charge in [0.1, 0.15) is 6.61 Å². The number of hydrogen-bond acceptors (Lipinski definition) is 3. The third-order valence-electron chi connectivity index (χ3n) is 5.01. The highest BCUT2D eigenvalue weighted by Crippen LogP contribution is 2.44. The molecule has 1 aliphatic rings. The minimum atomic E-state index is -0.481. The average Bonchev–Trinajstić information content (AvgIpc) is 3.09. The van der Waals surface area contributed by atoms with Gasteiger partial charge in [-0.1, -0.05) is 72.5 Å². The molecular formula is C25H21NO3. The van der Waals surface area contributed by atoms with Crippen molar-refractivity contribution >= 4 is 6.09 Å². The Hall–Kier alpha value is -3.55. The lowest BCUT2D eigenvalue weighted by atomic mass is 9.98. The summed E-state index contributed by atoms with van der Waals surface area (Å²) in [6, 6.07) is 23.8. The molecule has 2 N–H and O–H groups in total. The van der Waals surface area contributed by atoms with Crippen LogP contribution in [0.3, 0.4) is 0 Å². The largest absolute Gasteiger partial charge is 0.449 e. The zero-order valence-corrected chi connectivity index (χ0v) is 15.9. The van der Waals surface area contributed by atoms with Crippen LogP contribution in [0.15, 0.2) is 72.8 Å². The van der Waals surface area contributed by atoms with E-state index in [2.05, 4.69) is 41.4 Å². The van der Waals surface area contributed by atoms with E-state index in [1.165, 1.54) is 22.3 Å². The fraction of sp³-hybridized carbons (Fsp3) is 0.160. The van der Waals surface area contributed by atoms with Gasteiger partial charge < -0.3 is 15.2 Å². The highest BCUT2D eigenvalue weighted by molar-refractivity contribution is 5.79. The summed E-state index contributed by atoms with van der Waals surface area (Å²) in [4.78, 5) is 12.1. The van der Waals surface area contributed by atoms with Gasteiger partial charge in [-0.25, -0.2) is 4.79 Å². The number of alkyl carbamates (subject to hydrolysis) is 1. The lowest BCUT2D eigenvalue weighted by molar-refractivity contribution is 0.144. The number of benzene rings is 3. The van der Waals surface area contributed by atoms with Gasteiger partial charge in [0.2, 0.25) is 0 Å². The van der Waals surface area contributed by atoms with Gasteiger partial charge in [0.15, 0.2) is 0 Å². The van der Waals surface area contributed by atoms with Crippen molar-refractivity contribution in [2.75, 3.05) is 13.2 Å². The highest BCUT2D eigenvalue weighted by atomic mass is 16.5. The van der Waals surface area contributed by atoms with Crippen molar-refractivity contribution in [2.45, 2.75) is 12.5 Å². The van der Waals surface area contributed by atoms with Crippen molar-refractivity contribution in [1.29, 1.82) is 0 Å². The molecule has 3 aromatic rings. The van der Waals surface area contributed by atoms with E-state index in [1.807, 2.05) is 48.5 Å². The van der Waals surface area contributed by atoms with E-state index >= 15 is 0 Å². The first-order valence-corrected chi connectivity index (χ1v) is 9.54. The van der Waals surface area contributed by atoms with Crippen molar-refractivity contribution in [3.63, 3.8) is 0 Å². The molecule has 0 fully saturated rings. The smallest absolute Gasteiger partial charge is 0.407 e. The molecule has 0 radical (unpaired) electrons. The Balaban J connectivity index is 1.34. The molecule has 0 unspecified atom stereocenters. The molecule has 0 aromatic heterocycles. The predicted molar refractivity (Wildman–Crippen MR) is 112 cm³/mol. The van der Waals surface area contributed by atoms with Gasteiger partial charge in [0.05, 0.1) is 13.2 Å². The van der Waals surface area contributed by atoms with Crippen LogP contribution in [0.25, 0.3) is 11.1 Å². The molecule has 3 aromatic carbocycles. The number of carbonyl (C=O) groups is 1. The summed E-state index contributed by atoms with van der Waals surface area (Å²) in [5.74, 6) is 5.91. The van der Waals surface area contributed by atoms with Crippen LogP contribution in [0.2, 0.25) is 0 Å². The van der Waals surface area contributed by atoms with Crippen molar-refractivity contribution in [3.05, 3.63) is 95.1 Å². The lowest BCUT2D eigenvalue weighted by Gasteiger charge is -2.14. The van der Waals surface area contributed by atoms with Crippen LogP contribution in [0.4, 0.5) is 4.79 Å². The topological polar surface area (TPSA) is 58.6 Å². The second-order valence-electron chi connectivity index (χ2n) is 6.84. The summed E-state index contributed by atoms with van der Waals surface area (Å²) in [6.07, 6.45) is -0.481. The fourth-order valence-electron chi connectivity index (χ4n) is 3.66. The van der Waals surface area contributed by atoms with E-state index in [1.54, 1.807) is 0 Å². The maximum atomic E-state index is 12.1. The van der Waals surface area contributed by atoms with Crippen molar-refractivity contribution in [3.8, 4) is 23.0 Å². The van der Waals surface area contributed by atoms with Crippen molar-refractivity contribution in [1.82, 2.24) is 5.32 Å². The number of rotatable bonds is 4. The zero-order valence-electron chi connectivity index (χ0n) is 15.9. The van der Waals surface area contributed by atoms with Crippen molar-refractivity contribution in [2.24, 2.45) is 0 Å². The van der Waals surface area contributed by atoms with E-state index < -0.39 is 6.09 Å². The molecular weight excluding hydrogens is 362 g/mol. The van der Waals surface area contributed by atoms with Crippen LogP contribution in [-0.4, -0.2) is 24.4 Å². The number of aliphatic hydroxyl groups is 1. The number of ether oxygens (including phenoxy) is 1. The molecule has 0 saturated heterocycles. The number of carbonyl (C=O) groups excluding carboxylic acids is 1. The number of aliphatic hydroxyl groups excluding tert-OH is 1. The molecule has 4 rings (SSSR count). The summed E-state index contributed by atoms with van der Waals surface area (Å²) < 4.78 is 5.48. The van der Waals surface area contributed by atoms with E-state index in [0.717, 1.165) is 11.1 Å². The van der Waals surface area contributed by atoms with Crippen LogP contribution in [0, 0.1) is 11.8 Å². The Labute approximate surface area is 170 Å². The van der Waals surface area contributed by atoms with Gasteiger partial charge >= 0.3 is 6.09 Å². The normalized spacial score (nSPS) is 11.8. The molecule has 0 bridgehead atoms. The Morgan fingerprint density at radius 1 is 0.966 bits per heavy atom. The molecule has 1 aliphatic carbocycles. The Kier molecular flexibility index (Phi) is 5.60. The molecule has 0 atom stereocenters. The van der Waals surface area contributed by atoms with Crippen LogP contribution >= 0.6 is 0 Å². The van der Waals surface area contributed by atoms with Crippen molar-refractivity contribution < 1.29 is 14.6 Å². The molecule has 1 amide bonds. The molecule has 144 valence electrons. The fourth-order valence-corrected chi connectivity index (χ4v) is 3.66. The van der Waals surface area contributed by atoms with Gasteiger partial charge in [0, 0.05) is 11.5 Å². The predicted octanol–water partition coefficient (Wildman–Crippen LogP) is 4.07. The molecule has 4 heteroatoms. The summed E-state index contributed by atoms with van der Waals surface area (Å²) in [5.41, 5.74) is 6.38. The van der Waals surface area contributed by atoms with Crippen LogP contribution in [-0.2, 0) is 11.3 Å². The zero-order chi connectivity index (χ0) is 20.1. The number of hydrogen-bond donors (Lipinski definition) is 2. The van der Waals surface area contributed by atoms with Crippen LogP contribution < -0.4 is 5.32 Å². The summed E-state index contributed by atoms with van der Waals surface area (Å²) in [5, 5.41) is 11.8. The monoisotopic (exact) mass is 383 g/mol. The second kappa shape index (κ2) is 8.64. The first kappa shape index (κ1) is 18.8. The third kappa shape index (κ3) is 4.16. The highest BCUT2D eigenvalue weighted by Gasteiger charge is 2.28.